The number of carbonyl (C=O) groups is 1. The molecule has 3 N–H and O–H groups in total. The third-order valence-electron chi connectivity index (χ3n) is 3.07. The quantitative estimate of drug-likeness (QED) is 0.680. The molecule has 21 heavy (non-hydrogen) atoms. The van der Waals surface area contributed by atoms with E-state index in [1.165, 1.54) is 0 Å². The number of hydrogen-bond donors (Lipinski definition) is 3. The summed E-state index contributed by atoms with van der Waals surface area (Å²) < 4.78 is 0. The van der Waals surface area contributed by atoms with Gasteiger partial charge in [-0.25, -0.2) is 0 Å². The third kappa shape index (κ3) is 5.67. The first-order valence-corrected chi connectivity index (χ1v) is 7.03. The lowest BCUT2D eigenvalue weighted by Crippen LogP contribution is -2.32. The van der Waals surface area contributed by atoms with Crippen molar-refractivity contribution in [2.24, 2.45) is 0 Å². The molecule has 0 bridgehead atoms. The van der Waals surface area contributed by atoms with Crippen LogP contribution in [0.1, 0.15) is 11.1 Å². The van der Waals surface area contributed by atoms with Gasteiger partial charge in [-0.15, -0.1) is 0 Å². The molecule has 0 aromatic heterocycles. The molecule has 0 radical (unpaired) electrons. The smallest absolute Gasteiger partial charge is 0.224 e. The van der Waals surface area contributed by atoms with E-state index >= 15 is 0 Å². The van der Waals surface area contributed by atoms with E-state index in [-0.39, 0.29) is 11.7 Å². The predicted molar refractivity (Wildman–Crippen MR) is 83.0 cm³/mol. The van der Waals surface area contributed by atoms with Crippen LogP contribution in [0.3, 0.4) is 0 Å². The molecule has 0 aliphatic rings. The van der Waals surface area contributed by atoms with Crippen molar-refractivity contribution in [3.63, 3.8) is 0 Å². The van der Waals surface area contributed by atoms with Crippen LogP contribution in [0, 0.1) is 0 Å². The van der Waals surface area contributed by atoms with Gasteiger partial charge in [0.2, 0.25) is 5.91 Å². The molecule has 2 aromatic rings. The van der Waals surface area contributed by atoms with E-state index in [2.05, 4.69) is 10.6 Å². The summed E-state index contributed by atoms with van der Waals surface area (Å²) in [6.45, 7) is 1.95. The van der Waals surface area contributed by atoms with Crippen molar-refractivity contribution in [3.05, 3.63) is 65.7 Å². The number of phenols is 1. The SMILES string of the molecule is O=C(Cc1ccccc1)NCCNCc1cccc(O)c1. The number of phenolic OH excluding ortho intramolecular Hbond substituents is 1. The first kappa shape index (κ1) is 15.1. The molecule has 2 aromatic carbocycles. The third-order valence-corrected chi connectivity index (χ3v) is 3.07. The van der Waals surface area contributed by atoms with Gasteiger partial charge in [-0.1, -0.05) is 42.5 Å². The summed E-state index contributed by atoms with van der Waals surface area (Å²) in [7, 11) is 0. The number of benzene rings is 2. The topological polar surface area (TPSA) is 61.4 Å². The summed E-state index contributed by atoms with van der Waals surface area (Å²) in [6.07, 6.45) is 0.410. The molecule has 2 rings (SSSR count). The summed E-state index contributed by atoms with van der Waals surface area (Å²) >= 11 is 0. The molecule has 4 heteroatoms. The van der Waals surface area contributed by atoms with Crippen molar-refractivity contribution in [1.82, 2.24) is 10.6 Å². The zero-order chi connectivity index (χ0) is 14.9. The van der Waals surface area contributed by atoms with Crippen molar-refractivity contribution in [3.8, 4) is 5.75 Å². The Hall–Kier alpha value is -2.33. The minimum absolute atomic E-state index is 0.0281. The Labute approximate surface area is 124 Å². The van der Waals surface area contributed by atoms with Crippen molar-refractivity contribution in [2.45, 2.75) is 13.0 Å². The van der Waals surface area contributed by atoms with E-state index in [0.29, 0.717) is 26.1 Å². The maximum absolute atomic E-state index is 11.7. The predicted octanol–water partition coefficient (Wildman–Crippen LogP) is 1.84. The van der Waals surface area contributed by atoms with Crippen molar-refractivity contribution in [2.75, 3.05) is 13.1 Å². The van der Waals surface area contributed by atoms with Gasteiger partial charge in [0.1, 0.15) is 5.75 Å². The number of hydrogen-bond acceptors (Lipinski definition) is 3. The monoisotopic (exact) mass is 284 g/mol. The second-order valence-corrected chi connectivity index (χ2v) is 4.86. The lowest BCUT2D eigenvalue weighted by atomic mass is 10.1. The normalized spacial score (nSPS) is 10.3. The van der Waals surface area contributed by atoms with Crippen LogP contribution in [0.15, 0.2) is 54.6 Å². The van der Waals surface area contributed by atoms with Crippen LogP contribution < -0.4 is 10.6 Å². The lowest BCUT2D eigenvalue weighted by molar-refractivity contribution is -0.120. The van der Waals surface area contributed by atoms with Gasteiger partial charge in [0.05, 0.1) is 6.42 Å². The number of amides is 1. The van der Waals surface area contributed by atoms with E-state index < -0.39 is 0 Å². The number of aromatic hydroxyl groups is 1. The maximum Gasteiger partial charge on any atom is 0.224 e. The Morgan fingerprint density at radius 3 is 2.48 bits per heavy atom. The van der Waals surface area contributed by atoms with Gasteiger partial charge in [0.15, 0.2) is 0 Å². The fraction of sp³-hybridized carbons (Fsp3) is 0.235. The minimum atomic E-state index is 0.0281. The zero-order valence-corrected chi connectivity index (χ0v) is 11.9. The molecule has 0 fully saturated rings. The molecule has 4 nitrogen and oxygen atoms in total. The molecular weight excluding hydrogens is 264 g/mol. The molecule has 0 aliphatic heterocycles. The second-order valence-electron chi connectivity index (χ2n) is 4.86. The van der Waals surface area contributed by atoms with Gasteiger partial charge < -0.3 is 15.7 Å². The second kappa shape index (κ2) is 8.07. The Balaban J connectivity index is 1.60. The summed E-state index contributed by atoms with van der Waals surface area (Å²) in [5, 5.41) is 15.4. The Morgan fingerprint density at radius 1 is 0.952 bits per heavy atom. The van der Waals surface area contributed by atoms with E-state index in [1.807, 2.05) is 42.5 Å². The Kier molecular flexibility index (Phi) is 5.79. The van der Waals surface area contributed by atoms with Gasteiger partial charge in [-0.2, -0.15) is 0 Å². The van der Waals surface area contributed by atoms with Crippen LogP contribution >= 0.6 is 0 Å². The van der Waals surface area contributed by atoms with Gasteiger partial charge in [-0.05, 0) is 23.3 Å². The largest absolute Gasteiger partial charge is 0.508 e. The number of rotatable bonds is 7. The molecular formula is C17H20N2O2. The van der Waals surface area contributed by atoms with Crippen LogP contribution in [0.4, 0.5) is 0 Å². The van der Waals surface area contributed by atoms with Gasteiger partial charge >= 0.3 is 0 Å². The summed E-state index contributed by atoms with van der Waals surface area (Å²) in [4.78, 5) is 11.7. The molecule has 1 amide bonds. The molecule has 110 valence electrons. The fourth-order valence-electron chi connectivity index (χ4n) is 2.03. The van der Waals surface area contributed by atoms with Crippen LogP contribution in [0.2, 0.25) is 0 Å². The fourth-order valence-corrected chi connectivity index (χ4v) is 2.03. The van der Waals surface area contributed by atoms with Crippen LogP contribution in [0.25, 0.3) is 0 Å². The first-order valence-electron chi connectivity index (χ1n) is 7.03. The van der Waals surface area contributed by atoms with E-state index in [4.69, 9.17) is 0 Å². The summed E-state index contributed by atoms with van der Waals surface area (Å²) in [5.74, 6) is 0.297. The van der Waals surface area contributed by atoms with Crippen LogP contribution in [-0.2, 0) is 17.8 Å². The molecule has 0 spiro atoms. The Morgan fingerprint density at radius 2 is 1.71 bits per heavy atom. The summed E-state index contributed by atoms with van der Waals surface area (Å²) in [6, 6.07) is 16.8. The van der Waals surface area contributed by atoms with Gasteiger partial charge in [0, 0.05) is 19.6 Å². The van der Waals surface area contributed by atoms with Gasteiger partial charge in [-0.3, -0.25) is 4.79 Å². The highest BCUT2D eigenvalue weighted by Crippen LogP contribution is 2.10. The number of carbonyl (C=O) groups excluding carboxylic acids is 1. The van der Waals surface area contributed by atoms with Crippen molar-refractivity contribution < 1.29 is 9.90 Å². The molecule has 0 heterocycles. The summed E-state index contributed by atoms with van der Waals surface area (Å²) in [5.41, 5.74) is 2.04. The highest BCUT2D eigenvalue weighted by molar-refractivity contribution is 5.78. The van der Waals surface area contributed by atoms with E-state index in [0.717, 1.165) is 11.1 Å². The first-order chi connectivity index (χ1) is 10.2. The minimum Gasteiger partial charge on any atom is -0.508 e. The maximum atomic E-state index is 11.7. The number of nitrogens with one attached hydrogen (secondary N) is 2. The molecule has 0 atom stereocenters. The standard InChI is InChI=1S/C17H20N2O2/c20-16-8-4-7-15(11-16)13-18-9-10-19-17(21)12-14-5-2-1-3-6-14/h1-8,11,18,20H,9-10,12-13H2,(H,19,21). The van der Waals surface area contributed by atoms with Crippen molar-refractivity contribution in [1.29, 1.82) is 0 Å². The molecule has 0 aliphatic carbocycles. The lowest BCUT2D eigenvalue weighted by Gasteiger charge is -2.07. The van der Waals surface area contributed by atoms with Crippen LogP contribution in [-0.4, -0.2) is 24.1 Å². The van der Waals surface area contributed by atoms with Crippen molar-refractivity contribution >= 4 is 5.91 Å². The molecule has 0 saturated carbocycles. The van der Waals surface area contributed by atoms with Crippen LogP contribution in [0.5, 0.6) is 5.75 Å². The average Bonchev–Trinajstić information content (AvgIpc) is 2.48. The molecule has 0 saturated heterocycles. The van der Waals surface area contributed by atoms with E-state index in [1.54, 1.807) is 12.1 Å². The van der Waals surface area contributed by atoms with E-state index in [9.17, 15) is 9.90 Å². The highest BCUT2D eigenvalue weighted by atomic mass is 16.3. The van der Waals surface area contributed by atoms with Gasteiger partial charge in [0.25, 0.3) is 0 Å². The Bertz CT molecular complexity index is 570. The highest BCUT2D eigenvalue weighted by Gasteiger charge is 2.01. The average molecular weight is 284 g/mol. The molecule has 0 unspecified atom stereocenters. The zero-order valence-electron chi connectivity index (χ0n) is 11.9.